The lowest BCUT2D eigenvalue weighted by Gasteiger charge is -2.24. The maximum atomic E-state index is 5.07. The Morgan fingerprint density at radius 2 is 1.22 bits per heavy atom. The van der Waals surface area contributed by atoms with E-state index in [1.54, 1.807) is 0 Å². The molecule has 0 bridgehead atoms. The summed E-state index contributed by atoms with van der Waals surface area (Å²) in [5.41, 5.74) is 12.4. The van der Waals surface area contributed by atoms with E-state index in [0.29, 0.717) is 11.8 Å². The van der Waals surface area contributed by atoms with E-state index < -0.39 is 8.07 Å². The minimum atomic E-state index is -2.19. The number of hydrogen-bond donors (Lipinski definition) is 0. The molecule has 5 heteroatoms. The highest BCUT2D eigenvalue weighted by atomic mass is 28.3. The van der Waals surface area contributed by atoms with E-state index in [-0.39, 0.29) is 0 Å². The Kier molecular flexibility index (Phi) is 8.63. The largest absolute Gasteiger partial charge is 0.294 e. The van der Waals surface area contributed by atoms with Crippen molar-refractivity contribution >= 4 is 51.3 Å². The molecule has 6 aromatic carbocycles. The number of benzene rings is 6. The molecule has 0 spiro atoms. The predicted octanol–water partition coefficient (Wildman–Crippen LogP) is 11.1. The highest BCUT2D eigenvalue weighted by Gasteiger charge is 2.29. The van der Waals surface area contributed by atoms with Crippen LogP contribution in [-0.4, -0.2) is 22.2 Å². The van der Waals surface area contributed by atoms with Gasteiger partial charge in [0.1, 0.15) is 25.3 Å². The van der Waals surface area contributed by atoms with Crippen molar-refractivity contribution < 1.29 is 4.57 Å². The summed E-state index contributed by atoms with van der Waals surface area (Å²) in [6.07, 6.45) is 4.22. The van der Waals surface area contributed by atoms with E-state index in [4.69, 9.17) is 4.98 Å². The van der Waals surface area contributed by atoms with Gasteiger partial charge in [0.05, 0.1) is 11.0 Å². The van der Waals surface area contributed by atoms with Crippen LogP contribution in [0.15, 0.2) is 164 Å². The van der Waals surface area contributed by atoms with E-state index in [1.165, 1.54) is 71.2 Å². The topological polar surface area (TPSA) is 26.6 Å². The Bertz CT molecular complexity index is 2830. The van der Waals surface area contributed by atoms with Gasteiger partial charge in [0.2, 0.25) is 0 Å². The molecule has 0 unspecified atom stereocenters. The molecule has 0 atom stereocenters. The third-order valence-electron chi connectivity index (χ3n) is 11.5. The lowest BCUT2D eigenvalue weighted by atomic mass is 9.85. The van der Waals surface area contributed by atoms with Gasteiger partial charge in [-0.05, 0) is 94.8 Å². The molecule has 3 heterocycles. The molecular formula is C50H47N4Si+. The summed E-state index contributed by atoms with van der Waals surface area (Å²) in [7, 11) is -2.19. The second-order valence-corrected chi connectivity index (χ2v) is 20.4. The molecule has 0 fully saturated rings. The Balaban J connectivity index is 1.18. The zero-order valence-electron chi connectivity index (χ0n) is 32.5. The molecule has 0 aliphatic heterocycles. The van der Waals surface area contributed by atoms with Gasteiger partial charge in [-0.1, -0.05) is 142 Å². The van der Waals surface area contributed by atoms with Crippen LogP contribution in [0.1, 0.15) is 50.7 Å². The molecule has 0 saturated heterocycles. The van der Waals surface area contributed by atoms with E-state index in [9.17, 15) is 0 Å². The molecule has 0 saturated carbocycles. The van der Waals surface area contributed by atoms with E-state index in [2.05, 4.69) is 212 Å². The zero-order valence-corrected chi connectivity index (χ0v) is 33.5. The van der Waals surface area contributed by atoms with Gasteiger partial charge in [0, 0.05) is 17.0 Å². The lowest BCUT2D eigenvalue weighted by Crippen LogP contribution is -2.52. The van der Waals surface area contributed by atoms with Crippen LogP contribution in [-0.2, 0) is 0 Å². The number of aromatic nitrogens is 4. The maximum absolute atomic E-state index is 5.07. The average Bonchev–Trinajstić information content (AvgIpc) is 3.77. The van der Waals surface area contributed by atoms with Gasteiger partial charge < -0.3 is 0 Å². The SMILES string of the molecule is CC(C)c1cccc(C(C)C)c1-c1ccnc(-n2c3ccccc3c3ccc([Si](C)(C)c4cccc(-n5c[n+](-c6ccccc6)c6ccccc65)c4)cc32)c1. The van der Waals surface area contributed by atoms with Crippen molar-refractivity contribution in [2.45, 2.75) is 52.6 Å². The van der Waals surface area contributed by atoms with Crippen molar-refractivity contribution in [3.63, 3.8) is 0 Å². The molecule has 9 rings (SSSR count). The fourth-order valence-corrected chi connectivity index (χ4v) is 10.9. The first-order valence-corrected chi connectivity index (χ1v) is 22.5. The summed E-state index contributed by atoms with van der Waals surface area (Å²) in [5.74, 6) is 1.77. The van der Waals surface area contributed by atoms with Crippen molar-refractivity contribution in [1.82, 2.24) is 14.1 Å². The van der Waals surface area contributed by atoms with Crippen LogP contribution < -0.4 is 14.9 Å². The normalized spacial score (nSPS) is 12.1. The average molecular weight is 732 g/mol. The summed E-state index contributed by atoms with van der Waals surface area (Å²) in [4.78, 5) is 5.07. The molecule has 0 aliphatic carbocycles. The van der Waals surface area contributed by atoms with E-state index in [0.717, 1.165) is 11.5 Å². The minimum absolute atomic E-state index is 0.410. The number of rotatable bonds is 8. The molecule has 0 aliphatic rings. The molecule has 0 radical (unpaired) electrons. The van der Waals surface area contributed by atoms with E-state index >= 15 is 0 Å². The summed E-state index contributed by atoms with van der Waals surface area (Å²) < 4.78 is 7.00. The highest BCUT2D eigenvalue weighted by Crippen LogP contribution is 2.38. The Morgan fingerprint density at radius 3 is 1.98 bits per heavy atom. The predicted molar refractivity (Wildman–Crippen MR) is 234 cm³/mol. The standard InChI is InChI=1S/C50H47N4Si/c1-34(2)41-21-15-22-42(35(3)4)50(41)36-28-29-51-49(30-36)54-45-23-11-10-20-43(45)44-27-26-40(32-48(44)54)55(5,6)39-19-14-18-38(31-39)53-33-52(37-16-8-7-9-17-37)46-24-12-13-25-47(46)53/h7-35H,1-6H3/q+1. The van der Waals surface area contributed by atoms with Gasteiger partial charge in [-0.3, -0.25) is 4.57 Å². The van der Waals surface area contributed by atoms with Gasteiger partial charge in [-0.15, -0.1) is 0 Å². The molecular weight excluding hydrogens is 685 g/mol. The molecule has 0 N–H and O–H groups in total. The molecule has 270 valence electrons. The third-order valence-corrected chi connectivity index (χ3v) is 15.1. The van der Waals surface area contributed by atoms with Gasteiger partial charge in [0.25, 0.3) is 6.33 Å². The number of pyridine rings is 1. The number of fused-ring (bicyclic) bond motifs is 4. The quantitative estimate of drug-likeness (QED) is 0.113. The monoisotopic (exact) mass is 731 g/mol. The number of hydrogen-bond acceptors (Lipinski definition) is 1. The van der Waals surface area contributed by atoms with Gasteiger partial charge in [-0.25, -0.2) is 4.98 Å². The Morgan fingerprint density at radius 1 is 0.564 bits per heavy atom. The molecule has 55 heavy (non-hydrogen) atoms. The molecule has 4 nitrogen and oxygen atoms in total. The van der Waals surface area contributed by atoms with Crippen LogP contribution in [0.4, 0.5) is 0 Å². The van der Waals surface area contributed by atoms with Crippen molar-refractivity contribution in [2.24, 2.45) is 0 Å². The summed E-state index contributed by atoms with van der Waals surface area (Å²) in [6.45, 7) is 14.1. The zero-order chi connectivity index (χ0) is 37.8. The van der Waals surface area contributed by atoms with Crippen LogP contribution in [0, 0.1) is 0 Å². The maximum Gasteiger partial charge on any atom is 0.255 e. The van der Waals surface area contributed by atoms with Crippen LogP contribution >= 0.6 is 0 Å². The number of nitrogens with zero attached hydrogens (tertiary/aromatic N) is 4. The molecule has 0 amide bonds. The van der Waals surface area contributed by atoms with Crippen molar-refractivity contribution in [3.8, 4) is 28.3 Å². The molecule has 9 aromatic rings. The van der Waals surface area contributed by atoms with Gasteiger partial charge in [-0.2, -0.15) is 9.13 Å². The summed E-state index contributed by atoms with van der Waals surface area (Å²) in [5, 5.41) is 5.28. The number of para-hydroxylation sites is 4. The minimum Gasteiger partial charge on any atom is -0.294 e. The van der Waals surface area contributed by atoms with Crippen LogP contribution in [0.2, 0.25) is 13.1 Å². The van der Waals surface area contributed by atoms with E-state index in [1.807, 2.05) is 6.20 Å². The van der Waals surface area contributed by atoms with Crippen LogP contribution in [0.5, 0.6) is 0 Å². The summed E-state index contributed by atoms with van der Waals surface area (Å²) >= 11 is 0. The fourth-order valence-electron chi connectivity index (χ4n) is 8.51. The fraction of sp³-hybridized carbons (Fsp3) is 0.160. The summed E-state index contributed by atoms with van der Waals surface area (Å²) in [6, 6.07) is 55.7. The van der Waals surface area contributed by atoms with Crippen LogP contribution in [0.3, 0.4) is 0 Å². The first kappa shape index (κ1) is 34.7. The smallest absolute Gasteiger partial charge is 0.255 e. The van der Waals surface area contributed by atoms with Crippen molar-refractivity contribution in [1.29, 1.82) is 0 Å². The Hall–Kier alpha value is -6.04. The first-order valence-electron chi connectivity index (χ1n) is 19.5. The molecule has 3 aromatic heterocycles. The Labute approximate surface area is 325 Å². The lowest BCUT2D eigenvalue weighted by molar-refractivity contribution is -0.567. The highest BCUT2D eigenvalue weighted by molar-refractivity contribution is 7.00. The second-order valence-electron chi connectivity index (χ2n) is 16.0. The second kappa shape index (κ2) is 13.7. The first-order chi connectivity index (χ1) is 26.7. The van der Waals surface area contributed by atoms with Crippen molar-refractivity contribution in [3.05, 3.63) is 175 Å². The number of imidazole rings is 1. The van der Waals surface area contributed by atoms with Crippen LogP contribution in [0.25, 0.3) is 61.2 Å². The van der Waals surface area contributed by atoms with Gasteiger partial charge >= 0.3 is 0 Å². The third kappa shape index (κ3) is 5.91. The van der Waals surface area contributed by atoms with Crippen molar-refractivity contribution in [2.75, 3.05) is 0 Å². The van der Waals surface area contributed by atoms with Gasteiger partial charge in [0.15, 0.2) is 11.0 Å².